The first-order valence-electron chi connectivity index (χ1n) is 7.23. The number of nitrogens with two attached hydrogens (primary N) is 1. The normalized spacial score (nSPS) is 25.2. The molecule has 0 spiro atoms. The van der Waals surface area contributed by atoms with Crippen LogP contribution in [0.15, 0.2) is 18.2 Å². The molecule has 104 valence electrons. The van der Waals surface area contributed by atoms with E-state index in [0.29, 0.717) is 12.6 Å². The van der Waals surface area contributed by atoms with Crippen molar-refractivity contribution < 1.29 is 4.39 Å². The molecule has 0 saturated carbocycles. The lowest BCUT2D eigenvalue weighted by Crippen LogP contribution is -2.35. The second-order valence-corrected chi connectivity index (χ2v) is 5.74. The predicted molar refractivity (Wildman–Crippen MR) is 75.3 cm³/mol. The van der Waals surface area contributed by atoms with Gasteiger partial charge in [-0.1, -0.05) is 12.1 Å². The monoisotopic (exact) mass is 263 g/mol. The molecule has 0 radical (unpaired) electrons. The first-order valence-corrected chi connectivity index (χ1v) is 7.23. The summed E-state index contributed by atoms with van der Waals surface area (Å²) in [5.74, 6) is -0.243. The number of likely N-dealkylation sites (tertiary alicyclic amines) is 2. The number of nitrogens with zero attached hydrogens (tertiary/aromatic N) is 2. The van der Waals surface area contributed by atoms with Crippen molar-refractivity contribution in [3.63, 3.8) is 0 Å². The maximum atomic E-state index is 13.9. The molecule has 2 heterocycles. The van der Waals surface area contributed by atoms with Gasteiger partial charge >= 0.3 is 0 Å². The highest BCUT2D eigenvalue weighted by atomic mass is 19.1. The minimum absolute atomic E-state index is 0.243. The summed E-state index contributed by atoms with van der Waals surface area (Å²) in [5.41, 5.74) is 6.60. The van der Waals surface area contributed by atoms with E-state index in [1.165, 1.54) is 32.4 Å². The highest BCUT2D eigenvalue weighted by Gasteiger charge is 2.29. The molecule has 1 aromatic rings. The van der Waals surface area contributed by atoms with Crippen molar-refractivity contribution in [2.45, 2.75) is 31.8 Å². The Labute approximate surface area is 114 Å². The van der Waals surface area contributed by atoms with Gasteiger partial charge in [0, 0.05) is 31.2 Å². The second kappa shape index (κ2) is 5.47. The van der Waals surface area contributed by atoms with Crippen LogP contribution in [0.3, 0.4) is 0 Å². The zero-order valence-corrected chi connectivity index (χ0v) is 11.3. The van der Waals surface area contributed by atoms with Crippen LogP contribution in [-0.4, -0.2) is 42.0 Å². The molecule has 0 amide bonds. The maximum Gasteiger partial charge on any atom is 0.150 e. The molecule has 2 aliphatic rings. The molecule has 1 atom stereocenters. The maximum absolute atomic E-state index is 13.9. The molecule has 2 fully saturated rings. The third kappa shape index (κ3) is 2.74. The standard InChI is InChI=1S/C15H22FN3/c16-15-12(4-3-5-14(15)17)10-18-9-6-13(11-18)19-7-1-2-8-19/h3-5,13H,1-2,6-11,17H2. The number of anilines is 1. The highest BCUT2D eigenvalue weighted by Crippen LogP contribution is 2.23. The Kier molecular flexibility index (Phi) is 3.71. The van der Waals surface area contributed by atoms with Crippen LogP contribution in [0, 0.1) is 5.82 Å². The van der Waals surface area contributed by atoms with Crippen molar-refractivity contribution in [1.82, 2.24) is 9.80 Å². The molecular formula is C15H22FN3. The fraction of sp³-hybridized carbons (Fsp3) is 0.600. The zero-order valence-electron chi connectivity index (χ0n) is 11.3. The van der Waals surface area contributed by atoms with Crippen LogP contribution in [0.4, 0.5) is 10.1 Å². The van der Waals surface area contributed by atoms with E-state index >= 15 is 0 Å². The number of hydrogen-bond donors (Lipinski definition) is 1. The van der Waals surface area contributed by atoms with Crippen LogP contribution >= 0.6 is 0 Å². The van der Waals surface area contributed by atoms with Crippen molar-refractivity contribution >= 4 is 5.69 Å². The Bertz CT molecular complexity index is 443. The molecule has 0 aromatic heterocycles. The van der Waals surface area contributed by atoms with Crippen LogP contribution in [0.2, 0.25) is 0 Å². The molecule has 3 nitrogen and oxygen atoms in total. The number of hydrogen-bond acceptors (Lipinski definition) is 3. The average Bonchev–Trinajstić information content (AvgIpc) is 3.05. The van der Waals surface area contributed by atoms with Gasteiger partial charge in [-0.25, -0.2) is 4.39 Å². The molecule has 0 bridgehead atoms. The number of benzene rings is 1. The van der Waals surface area contributed by atoms with E-state index < -0.39 is 0 Å². The van der Waals surface area contributed by atoms with Crippen molar-refractivity contribution in [2.24, 2.45) is 0 Å². The number of nitrogen functional groups attached to an aromatic ring is 1. The topological polar surface area (TPSA) is 32.5 Å². The van der Waals surface area contributed by atoms with E-state index in [4.69, 9.17) is 5.73 Å². The molecule has 4 heteroatoms. The van der Waals surface area contributed by atoms with Crippen LogP contribution in [0.5, 0.6) is 0 Å². The minimum atomic E-state index is -0.243. The van der Waals surface area contributed by atoms with Crippen molar-refractivity contribution in [3.8, 4) is 0 Å². The molecule has 1 aromatic carbocycles. The van der Waals surface area contributed by atoms with Gasteiger partial charge in [-0.05, 0) is 38.4 Å². The Morgan fingerprint density at radius 2 is 2.00 bits per heavy atom. The minimum Gasteiger partial charge on any atom is -0.396 e. The van der Waals surface area contributed by atoms with Gasteiger partial charge in [-0.15, -0.1) is 0 Å². The van der Waals surface area contributed by atoms with Crippen LogP contribution < -0.4 is 5.73 Å². The smallest absolute Gasteiger partial charge is 0.150 e. The van der Waals surface area contributed by atoms with E-state index in [0.717, 1.165) is 18.7 Å². The van der Waals surface area contributed by atoms with Gasteiger partial charge in [0.05, 0.1) is 5.69 Å². The van der Waals surface area contributed by atoms with E-state index in [2.05, 4.69) is 9.80 Å². The highest BCUT2D eigenvalue weighted by molar-refractivity contribution is 5.42. The number of halogens is 1. The van der Waals surface area contributed by atoms with E-state index in [1.807, 2.05) is 12.1 Å². The largest absolute Gasteiger partial charge is 0.396 e. The van der Waals surface area contributed by atoms with Gasteiger partial charge < -0.3 is 5.73 Å². The molecule has 19 heavy (non-hydrogen) atoms. The van der Waals surface area contributed by atoms with Crippen LogP contribution in [0.25, 0.3) is 0 Å². The molecule has 2 saturated heterocycles. The molecule has 3 rings (SSSR count). The SMILES string of the molecule is Nc1cccc(CN2CCC(N3CCCC3)C2)c1F. The summed E-state index contributed by atoms with van der Waals surface area (Å²) in [6.07, 6.45) is 3.88. The summed E-state index contributed by atoms with van der Waals surface area (Å²) >= 11 is 0. The third-order valence-electron chi connectivity index (χ3n) is 4.41. The Balaban J connectivity index is 1.60. The summed E-state index contributed by atoms with van der Waals surface area (Å²) in [5, 5.41) is 0. The summed E-state index contributed by atoms with van der Waals surface area (Å²) in [6, 6.07) is 5.97. The average molecular weight is 263 g/mol. The van der Waals surface area contributed by atoms with Crippen molar-refractivity contribution in [2.75, 3.05) is 31.9 Å². The number of rotatable bonds is 3. The summed E-state index contributed by atoms with van der Waals surface area (Å²) < 4.78 is 13.9. The zero-order chi connectivity index (χ0) is 13.2. The lowest BCUT2D eigenvalue weighted by molar-refractivity contribution is 0.229. The van der Waals surface area contributed by atoms with Gasteiger partial charge in [-0.2, -0.15) is 0 Å². The van der Waals surface area contributed by atoms with Crippen molar-refractivity contribution in [1.29, 1.82) is 0 Å². The summed E-state index contributed by atoms with van der Waals surface area (Å²) in [4.78, 5) is 4.94. The van der Waals surface area contributed by atoms with Gasteiger partial charge in [0.15, 0.2) is 5.82 Å². The van der Waals surface area contributed by atoms with Crippen molar-refractivity contribution in [3.05, 3.63) is 29.6 Å². The fourth-order valence-corrected chi connectivity index (χ4v) is 3.32. The quantitative estimate of drug-likeness (QED) is 0.847. The van der Waals surface area contributed by atoms with E-state index in [9.17, 15) is 4.39 Å². The molecule has 2 aliphatic heterocycles. The predicted octanol–water partition coefficient (Wildman–Crippen LogP) is 2.08. The fourth-order valence-electron chi connectivity index (χ4n) is 3.32. The van der Waals surface area contributed by atoms with Gasteiger partial charge in [0.1, 0.15) is 0 Å². The Hall–Kier alpha value is -1.13. The lowest BCUT2D eigenvalue weighted by Gasteiger charge is -2.23. The van der Waals surface area contributed by atoms with Crippen LogP contribution in [-0.2, 0) is 6.54 Å². The summed E-state index contributed by atoms with van der Waals surface area (Å²) in [6.45, 7) is 5.29. The van der Waals surface area contributed by atoms with Gasteiger partial charge in [0.25, 0.3) is 0 Å². The van der Waals surface area contributed by atoms with Gasteiger partial charge in [-0.3, -0.25) is 9.80 Å². The van der Waals surface area contributed by atoms with E-state index in [-0.39, 0.29) is 11.5 Å². The first kappa shape index (κ1) is 12.9. The molecule has 1 unspecified atom stereocenters. The Morgan fingerprint density at radius 1 is 1.21 bits per heavy atom. The Morgan fingerprint density at radius 3 is 2.79 bits per heavy atom. The molecular weight excluding hydrogens is 241 g/mol. The van der Waals surface area contributed by atoms with E-state index in [1.54, 1.807) is 6.07 Å². The lowest BCUT2D eigenvalue weighted by atomic mass is 10.2. The molecule has 2 N–H and O–H groups in total. The van der Waals surface area contributed by atoms with Gasteiger partial charge in [0.2, 0.25) is 0 Å². The second-order valence-electron chi connectivity index (χ2n) is 5.74. The van der Waals surface area contributed by atoms with Crippen LogP contribution in [0.1, 0.15) is 24.8 Å². The summed E-state index contributed by atoms with van der Waals surface area (Å²) in [7, 11) is 0. The first-order chi connectivity index (χ1) is 9.24. The molecule has 0 aliphatic carbocycles. The third-order valence-corrected chi connectivity index (χ3v) is 4.41.